The van der Waals surface area contributed by atoms with Gasteiger partial charge in [0.05, 0.1) is 10.7 Å². The van der Waals surface area contributed by atoms with Crippen LogP contribution in [0.2, 0.25) is 5.02 Å². The van der Waals surface area contributed by atoms with Gasteiger partial charge in [-0.05, 0) is 40.6 Å². The van der Waals surface area contributed by atoms with Gasteiger partial charge in [0.1, 0.15) is 0 Å². The Morgan fingerprint density at radius 2 is 1.67 bits per heavy atom. The van der Waals surface area contributed by atoms with Crippen LogP contribution in [-0.2, 0) is 6.54 Å². The first-order valence-electron chi connectivity index (χ1n) is 8.68. The van der Waals surface area contributed by atoms with E-state index in [0.717, 1.165) is 16.5 Å². The van der Waals surface area contributed by atoms with Gasteiger partial charge in [-0.1, -0.05) is 66.2 Å². The van der Waals surface area contributed by atoms with Gasteiger partial charge >= 0.3 is 0 Å². The minimum atomic E-state index is -0.110. The maximum atomic E-state index is 12.5. The summed E-state index contributed by atoms with van der Waals surface area (Å²) in [5, 5.41) is 5.91. The zero-order chi connectivity index (χ0) is 18.6. The van der Waals surface area contributed by atoms with Crippen molar-refractivity contribution in [2.24, 2.45) is 0 Å². The van der Waals surface area contributed by atoms with E-state index in [-0.39, 0.29) is 5.91 Å². The van der Waals surface area contributed by atoms with Gasteiger partial charge in [0, 0.05) is 23.9 Å². The van der Waals surface area contributed by atoms with Crippen molar-refractivity contribution in [3.8, 4) is 11.3 Å². The van der Waals surface area contributed by atoms with Crippen LogP contribution in [0.3, 0.4) is 0 Å². The van der Waals surface area contributed by atoms with E-state index in [9.17, 15) is 4.79 Å². The maximum absolute atomic E-state index is 12.5. The van der Waals surface area contributed by atoms with Gasteiger partial charge in [0.2, 0.25) is 0 Å². The molecule has 27 heavy (non-hydrogen) atoms. The molecule has 0 spiro atoms. The summed E-state index contributed by atoms with van der Waals surface area (Å²) >= 11 is 6.18. The fraction of sp³-hybridized carbons (Fsp3) is 0.0435. The highest BCUT2D eigenvalue weighted by Crippen LogP contribution is 2.25. The van der Waals surface area contributed by atoms with Crippen LogP contribution in [0.1, 0.15) is 15.9 Å². The molecule has 0 aliphatic heterocycles. The zero-order valence-corrected chi connectivity index (χ0v) is 15.3. The van der Waals surface area contributed by atoms with Crippen molar-refractivity contribution in [2.45, 2.75) is 6.54 Å². The molecule has 4 heteroatoms. The van der Waals surface area contributed by atoms with Crippen LogP contribution in [0.5, 0.6) is 0 Å². The standard InChI is InChI=1S/C23H17ClN2O/c24-21-9-4-14-25-22(21)17-10-12-18(13-11-17)23(27)26-15-19-7-3-6-16-5-1-2-8-20(16)19/h1-14H,15H2,(H,26,27). The fourth-order valence-corrected chi connectivity index (χ4v) is 3.33. The molecule has 3 nitrogen and oxygen atoms in total. The van der Waals surface area contributed by atoms with E-state index in [1.807, 2.05) is 36.4 Å². The number of halogens is 1. The third-order valence-electron chi connectivity index (χ3n) is 4.50. The second-order valence-corrected chi connectivity index (χ2v) is 6.64. The van der Waals surface area contributed by atoms with Gasteiger partial charge in [-0.15, -0.1) is 0 Å². The summed E-state index contributed by atoms with van der Waals surface area (Å²) in [4.78, 5) is 16.8. The number of aromatic nitrogens is 1. The molecule has 0 atom stereocenters. The Labute approximate surface area is 162 Å². The van der Waals surface area contributed by atoms with Crippen LogP contribution < -0.4 is 5.32 Å². The highest BCUT2D eigenvalue weighted by Gasteiger charge is 2.09. The Morgan fingerprint density at radius 1 is 0.889 bits per heavy atom. The fourth-order valence-electron chi connectivity index (χ4n) is 3.10. The van der Waals surface area contributed by atoms with Crippen LogP contribution in [0.15, 0.2) is 85.1 Å². The first kappa shape index (κ1) is 17.3. The van der Waals surface area contributed by atoms with Crippen molar-refractivity contribution in [1.82, 2.24) is 10.3 Å². The average molecular weight is 373 g/mol. The smallest absolute Gasteiger partial charge is 0.251 e. The molecule has 1 amide bonds. The van der Waals surface area contributed by atoms with Crippen LogP contribution in [0.25, 0.3) is 22.0 Å². The summed E-state index contributed by atoms with van der Waals surface area (Å²) in [5.41, 5.74) is 3.29. The molecule has 0 unspecified atom stereocenters. The van der Waals surface area contributed by atoms with Crippen molar-refractivity contribution in [1.29, 1.82) is 0 Å². The third kappa shape index (κ3) is 3.69. The number of fused-ring (bicyclic) bond motifs is 1. The third-order valence-corrected chi connectivity index (χ3v) is 4.80. The largest absolute Gasteiger partial charge is 0.348 e. The summed E-state index contributed by atoms with van der Waals surface area (Å²) in [7, 11) is 0. The second kappa shape index (κ2) is 7.60. The number of nitrogens with one attached hydrogen (secondary N) is 1. The zero-order valence-electron chi connectivity index (χ0n) is 14.5. The topological polar surface area (TPSA) is 42.0 Å². The normalized spacial score (nSPS) is 10.7. The Morgan fingerprint density at radius 3 is 2.48 bits per heavy atom. The molecule has 0 aliphatic carbocycles. The minimum absolute atomic E-state index is 0.110. The van der Waals surface area contributed by atoms with Gasteiger partial charge in [-0.25, -0.2) is 0 Å². The molecule has 0 saturated heterocycles. The number of benzene rings is 3. The highest BCUT2D eigenvalue weighted by atomic mass is 35.5. The Balaban J connectivity index is 1.49. The number of rotatable bonds is 4. The molecule has 0 aliphatic rings. The number of pyridine rings is 1. The molecule has 0 saturated carbocycles. The van der Waals surface area contributed by atoms with Crippen molar-refractivity contribution >= 4 is 28.3 Å². The lowest BCUT2D eigenvalue weighted by Gasteiger charge is -2.09. The molecule has 1 N–H and O–H groups in total. The van der Waals surface area contributed by atoms with Crippen molar-refractivity contribution in [3.05, 3.63) is 101 Å². The lowest BCUT2D eigenvalue weighted by Crippen LogP contribution is -2.22. The second-order valence-electron chi connectivity index (χ2n) is 6.23. The van der Waals surface area contributed by atoms with E-state index < -0.39 is 0 Å². The molecule has 4 aromatic rings. The van der Waals surface area contributed by atoms with E-state index >= 15 is 0 Å². The lowest BCUT2D eigenvalue weighted by atomic mass is 10.0. The van der Waals surface area contributed by atoms with Gasteiger partial charge in [0.15, 0.2) is 0 Å². The molecule has 4 rings (SSSR count). The summed E-state index contributed by atoms with van der Waals surface area (Å²) in [6.07, 6.45) is 1.70. The molecule has 132 valence electrons. The van der Waals surface area contributed by atoms with E-state index in [2.05, 4.69) is 28.5 Å². The van der Waals surface area contributed by atoms with Crippen LogP contribution in [0.4, 0.5) is 0 Å². The van der Waals surface area contributed by atoms with Crippen molar-refractivity contribution < 1.29 is 4.79 Å². The quantitative estimate of drug-likeness (QED) is 0.515. The number of nitrogens with zero attached hydrogens (tertiary/aromatic N) is 1. The highest BCUT2D eigenvalue weighted by molar-refractivity contribution is 6.33. The average Bonchev–Trinajstić information content (AvgIpc) is 2.72. The van der Waals surface area contributed by atoms with E-state index in [1.54, 1.807) is 30.5 Å². The number of amides is 1. The van der Waals surface area contributed by atoms with Gasteiger partial charge in [0.25, 0.3) is 5.91 Å². The Bertz CT molecular complexity index is 1100. The molecule has 1 aromatic heterocycles. The summed E-state index contributed by atoms with van der Waals surface area (Å²) in [6, 6.07) is 25.2. The molecule has 3 aromatic carbocycles. The number of carbonyl (C=O) groups is 1. The van der Waals surface area contributed by atoms with Crippen LogP contribution in [-0.4, -0.2) is 10.9 Å². The number of hydrogen-bond donors (Lipinski definition) is 1. The number of hydrogen-bond acceptors (Lipinski definition) is 2. The van der Waals surface area contributed by atoms with Crippen molar-refractivity contribution in [2.75, 3.05) is 0 Å². The molecule has 0 radical (unpaired) electrons. The monoisotopic (exact) mass is 372 g/mol. The van der Waals surface area contributed by atoms with E-state index in [4.69, 9.17) is 11.6 Å². The molecular weight excluding hydrogens is 356 g/mol. The van der Waals surface area contributed by atoms with E-state index in [0.29, 0.717) is 22.8 Å². The van der Waals surface area contributed by atoms with Crippen molar-refractivity contribution in [3.63, 3.8) is 0 Å². The predicted octanol–water partition coefficient (Wildman–Crippen LogP) is 5.49. The van der Waals surface area contributed by atoms with Gasteiger partial charge < -0.3 is 5.32 Å². The summed E-state index contributed by atoms with van der Waals surface area (Å²) in [5.74, 6) is -0.110. The van der Waals surface area contributed by atoms with Gasteiger partial charge in [-0.2, -0.15) is 0 Å². The summed E-state index contributed by atoms with van der Waals surface area (Å²) < 4.78 is 0. The maximum Gasteiger partial charge on any atom is 0.251 e. The molecule has 0 bridgehead atoms. The number of carbonyl (C=O) groups excluding carboxylic acids is 1. The minimum Gasteiger partial charge on any atom is -0.348 e. The van der Waals surface area contributed by atoms with Crippen LogP contribution in [0, 0.1) is 0 Å². The molecule has 1 heterocycles. The summed E-state index contributed by atoms with van der Waals surface area (Å²) in [6.45, 7) is 0.480. The SMILES string of the molecule is O=C(NCc1cccc2ccccc12)c1ccc(-c2ncccc2Cl)cc1. The Hall–Kier alpha value is -3.17. The molecule has 0 fully saturated rings. The first-order valence-corrected chi connectivity index (χ1v) is 9.06. The molecular formula is C23H17ClN2O. The predicted molar refractivity (Wildman–Crippen MR) is 110 cm³/mol. The Kier molecular flexibility index (Phi) is 4.86. The van der Waals surface area contributed by atoms with Crippen LogP contribution >= 0.6 is 11.6 Å². The van der Waals surface area contributed by atoms with E-state index in [1.165, 1.54) is 5.39 Å². The first-order chi connectivity index (χ1) is 13.2. The lowest BCUT2D eigenvalue weighted by molar-refractivity contribution is 0.0951. The van der Waals surface area contributed by atoms with Gasteiger partial charge in [-0.3, -0.25) is 9.78 Å².